The van der Waals surface area contributed by atoms with E-state index in [4.69, 9.17) is 0 Å². The minimum absolute atomic E-state index is 0.139. The molecule has 142 valence electrons. The number of nitrogens with zero attached hydrogens (tertiary/aromatic N) is 3. The molecule has 1 aliphatic rings. The first-order valence-electron chi connectivity index (χ1n) is 9.24. The number of rotatable bonds is 3. The number of aromatic nitrogens is 2. The zero-order chi connectivity index (χ0) is 19.7. The average molecular weight is 377 g/mol. The molecule has 0 N–H and O–H groups in total. The van der Waals surface area contributed by atoms with Crippen molar-refractivity contribution in [2.75, 3.05) is 6.54 Å². The fraction of sp³-hybridized carbons (Fsp3) is 0.227. The second kappa shape index (κ2) is 7.38. The lowest BCUT2D eigenvalue weighted by atomic mass is 9.99. The fourth-order valence-electron chi connectivity index (χ4n) is 3.53. The number of halogens is 1. The van der Waals surface area contributed by atoms with Crippen LogP contribution >= 0.6 is 0 Å². The van der Waals surface area contributed by atoms with Crippen LogP contribution in [-0.4, -0.2) is 27.1 Å². The number of amides is 1. The minimum atomic E-state index is -0.724. The SMILES string of the molecule is CC(C(=O)N1CCc2ccccc2C1)n1nc(-c2ccc(F)cc2)ccc1=O. The highest BCUT2D eigenvalue weighted by Crippen LogP contribution is 2.21. The quantitative estimate of drug-likeness (QED) is 0.704. The predicted octanol–water partition coefficient (Wildman–Crippen LogP) is 3.20. The molecule has 5 nitrogen and oxygen atoms in total. The fourth-order valence-corrected chi connectivity index (χ4v) is 3.53. The maximum Gasteiger partial charge on any atom is 0.267 e. The molecule has 0 spiro atoms. The normalized spacial score (nSPS) is 14.4. The highest BCUT2D eigenvalue weighted by Gasteiger charge is 2.26. The molecule has 1 aromatic heterocycles. The second-order valence-electron chi connectivity index (χ2n) is 6.96. The summed E-state index contributed by atoms with van der Waals surface area (Å²) in [5, 5.41) is 4.37. The zero-order valence-corrected chi connectivity index (χ0v) is 15.5. The van der Waals surface area contributed by atoms with E-state index in [1.165, 1.54) is 28.4 Å². The van der Waals surface area contributed by atoms with Gasteiger partial charge in [-0.15, -0.1) is 0 Å². The summed E-state index contributed by atoms with van der Waals surface area (Å²) in [5.74, 6) is -0.480. The summed E-state index contributed by atoms with van der Waals surface area (Å²) >= 11 is 0. The summed E-state index contributed by atoms with van der Waals surface area (Å²) in [6.45, 7) is 2.84. The first-order chi connectivity index (χ1) is 13.5. The van der Waals surface area contributed by atoms with Gasteiger partial charge in [-0.2, -0.15) is 5.10 Å². The first kappa shape index (κ1) is 18.1. The Morgan fingerprint density at radius 3 is 2.50 bits per heavy atom. The Balaban J connectivity index is 1.60. The first-order valence-corrected chi connectivity index (χ1v) is 9.24. The Hall–Kier alpha value is -3.28. The van der Waals surface area contributed by atoms with Crippen LogP contribution in [-0.2, 0) is 17.8 Å². The number of carbonyl (C=O) groups excluding carboxylic acids is 1. The molecule has 28 heavy (non-hydrogen) atoms. The van der Waals surface area contributed by atoms with E-state index in [-0.39, 0.29) is 17.3 Å². The molecule has 0 saturated heterocycles. The van der Waals surface area contributed by atoms with Crippen molar-refractivity contribution in [3.05, 3.63) is 88.0 Å². The monoisotopic (exact) mass is 377 g/mol. The summed E-state index contributed by atoms with van der Waals surface area (Å²) in [6.07, 6.45) is 0.798. The molecule has 3 aromatic rings. The lowest BCUT2D eigenvalue weighted by Gasteiger charge is -2.31. The van der Waals surface area contributed by atoms with Gasteiger partial charge >= 0.3 is 0 Å². The number of hydrogen-bond acceptors (Lipinski definition) is 3. The molecule has 0 fully saturated rings. The minimum Gasteiger partial charge on any atom is -0.336 e. The summed E-state index contributed by atoms with van der Waals surface area (Å²) < 4.78 is 14.4. The van der Waals surface area contributed by atoms with Gasteiger partial charge < -0.3 is 4.90 Å². The Morgan fingerprint density at radius 1 is 1.04 bits per heavy atom. The average Bonchev–Trinajstić information content (AvgIpc) is 2.73. The van der Waals surface area contributed by atoms with Crippen LogP contribution in [0.1, 0.15) is 24.1 Å². The molecule has 1 amide bonds. The van der Waals surface area contributed by atoms with E-state index in [0.29, 0.717) is 24.3 Å². The van der Waals surface area contributed by atoms with Crippen LogP contribution in [0.2, 0.25) is 0 Å². The third-order valence-electron chi connectivity index (χ3n) is 5.13. The van der Waals surface area contributed by atoms with Gasteiger partial charge in [0.05, 0.1) is 5.69 Å². The van der Waals surface area contributed by atoms with Crippen molar-refractivity contribution < 1.29 is 9.18 Å². The highest BCUT2D eigenvalue weighted by atomic mass is 19.1. The lowest BCUT2D eigenvalue weighted by molar-refractivity contribution is -0.135. The van der Waals surface area contributed by atoms with Gasteiger partial charge in [0.1, 0.15) is 11.9 Å². The third-order valence-corrected chi connectivity index (χ3v) is 5.13. The Kier molecular flexibility index (Phi) is 4.77. The molecule has 0 radical (unpaired) electrons. The highest BCUT2D eigenvalue weighted by molar-refractivity contribution is 5.80. The van der Waals surface area contributed by atoms with Crippen LogP contribution in [0.15, 0.2) is 65.5 Å². The van der Waals surface area contributed by atoms with E-state index in [1.54, 1.807) is 30.0 Å². The second-order valence-corrected chi connectivity index (χ2v) is 6.96. The van der Waals surface area contributed by atoms with Gasteiger partial charge in [0, 0.05) is 24.7 Å². The van der Waals surface area contributed by atoms with Gasteiger partial charge in [0.15, 0.2) is 0 Å². The summed E-state index contributed by atoms with van der Waals surface area (Å²) in [7, 11) is 0. The number of carbonyl (C=O) groups is 1. The lowest BCUT2D eigenvalue weighted by Crippen LogP contribution is -2.42. The Labute approximate surface area is 162 Å². The van der Waals surface area contributed by atoms with Crippen molar-refractivity contribution >= 4 is 5.91 Å². The molecule has 0 aliphatic carbocycles. The standard InChI is InChI=1S/C22H20FN3O2/c1-15(22(28)25-13-12-16-4-2-3-5-18(16)14-25)26-21(27)11-10-20(24-26)17-6-8-19(23)9-7-17/h2-11,15H,12-14H2,1H3. The number of fused-ring (bicyclic) bond motifs is 1. The van der Waals surface area contributed by atoms with E-state index in [9.17, 15) is 14.0 Å². The Morgan fingerprint density at radius 2 is 1.75 bits per heavy atom. The topological polar surface area (TPSA) is 55.2 Å². The van der Waals surface area contributed by atoms with E-state index in [2.05, 4.69) is 11.2 Å². The molecule has 4 rings (SSSR count). The molecular weight excluding hydrogens is 357 g/mol. The number of hydrogen-bond donors (Lipinski definition) is 0. The van der Waals surface area contributed by atoms with E-state index >= 15 is 0 Å². The molecular formula is C22H20FN3O2. The molecule has 6 heteroatoms. The van der Waals surface area contributed by atoms with E-state index < -0.39 is 6.04 Å². The maximum atomic E-state index is 13.2. The molecule has 1 aliphatic heterocycles. The zero-order valence-electron chi connectivity index (χ0n) is 15.5. The van der Waals surface area contributed by atoms with Crippen molar-refractivity contribution in [3.63, 3.8) is 0 Å². The van der Waals surface area contributed by atoms with Crippen molar-refractivity contribution in [2.24, 2.45) is 0 Å². The van der Waals surface area contributed by atoms with Gasteiger partial charge in [0.25, 0.3) is 5.56 Å². The van der Waals surface area contributed by atoms with Gasteiger partial charge in [-0.05, 0) is 54.8 Å². The van der Waals surface area contributed by atoms with Crippen LogP contribution in [0.4, 0.5) is 4.39 Å². The number of benzene rings is 2. The molecule has 0 bridgehead atoms. The van der Waals surface area contributed by atoms with Crippen LogP contribution < -0.4 is 5.56 Å². The van der Waals surface area contributed by atoms with Crippen LogP contribution in [0.3, 0.4) is 0 Å². The summed E-state index contributed by atoms with van der Waals surface area (Å²) in [4.78, 5) is 27.2. The van der Waals surface area contributed by atoms with Crippen LogP contribution in [0.25, 0.3) is 11.3 Å². The largest absolute Gasteiger partial charge is 0.336 e. The summed E-state index contributed by atoms with van der Waals surface area (Å²) in [6, 6.07) is 16.2. The van der Waals surface area contributed by atoms with Crippen LogP contribution in [0.5, 0.6) is 0 Å². The van der Waals surface area contributed by atoms with Crippen LogP contribution in [0, 0.1) is 5.82 Å². The van der Waals surface area contributed by atoms with E-state index in [0.717, 1.165) is 12.0 Å². The third kappa shape index (κ3) is 3.45. The van der Waals surface area contributed by atoms with Gasteiger partial charge in [-0.25, -0.2) is 9.07 Å². The van der Waals surface area contributed by atoms with Gasteiger partial charge in [-0.3, -0.25) is 9.59 Å². The van der Waals surface area contributed by atoms with E-state index in [1.807, 2.05) is 18.2 Å². The van der Waals surface area contributed by atoms with Gasteiger partial charge in [-0.1, -0.05) is 24.3 Å². The smallest absolute Gasteiger partial charge is 0.267 e. The van der Waals surface area contributed by atoms with Crippen molar-refractivity contribution in [1.29, 1.82) is 0 Å². The molecule has 1 unspecified atom stereocenters. The summed E-state index contributed by atoms with van der Waals surface area (Å²) in [5.41, 5.74) is 3.25. The van der Waals surface area contributed by atoms with Gasteiger partial charge in [0.2, 0.25) is 5.91 Å². The maximum absolute atomic E-state index is 13.2. The van der Waals surface area contributed by atoms with Crippen molar-refractivity contribution in [3.8, 4) is 11.3 Å². The predicted molar refractivity (Wildman–Crippen MR) is 104 cm³/mol. The molecule has 0 saturated carbocycles. The van der Waals surface area contributed by atoms with Crippen molar-refractivity contribution in [1.82, 2.24) is 14.7 Å². The molecule has 1 atom stereocenters. The molecule has 2 aromatic carbocycles. The Bertz CT molecular complexity index is 1080. The molecule has 2 heterocycles. The van der Waals surface area contributed by atoms with Crippen molar-refractivity contribution in [2.45, 2.75) is 25.9 Å².